The van der Waals surface area contributed by atoms with Gasteiger partial charge in [-0.3, -0.25) is 0 Å². The van der Waals surface area contributed by atoms with Crippen LogP contribution in [0.5, 0.6) is 5.75 Å². The van der Waals surface area contributed by atoms with Crippen molar-refractivity contribution in [2.24, 2.45) is 0 Å². The Labute approximate surface area is 124 Å². The van der Waals surface area contributed by atoms with Gasteiger partial charge in [0, 0.05) is 6.42 Å². The molecule has 3 rings (SSSR count). The predicted octanol–water partition coefficient (Wildman–Crippen LogP) is 4.16. The Morgan fingerprint density at radius 1 is 0.857 bits per heavy atom. The fourth-order valence-electron chi connectivity index (χ4n) is 2.40. The number of carbonyl (C=O) groups is 1. The molecule has 0 spiro atoms. The van der Waals surface area contributed by atoms with Gasteiger partial charge >= 0.3 is 0 Å². The molecule has 0 N–H and O–H groups in total. The van der Waals surface area contributed by atoms with E-state index in [2.05, 4.69) is 24.3 Å². The van der Waals surface area contributed by atoms with Crippen LogP contribution >= 0.6 is 0 Å². The average Bonchev–Trinajstić information content (AvgIpc) is 2.54. The molecular weight excluding hydrogens is 260 g/mol. The number of rotatable bonds is 5. The lowest BCUT2D eigenvalue weighted by Crippen LogP contribution is -1.96. The summed E-state index contributed by atoms with van der Waals surface area (Å²) in [6, 6.07) is 22.2. The van der Waals surface area contributed by atoms with Crippen molar-refractivity contribution in [3.8, 4) is 5.75 Å². The fourth-order valence-corrected chi connectivity index (χ4v) is 2.40. The third-order valence-corrected chi connectivity index (χ3v) is 3.52. The maximum absolute atomic E-state index is 10.5. The van der Waals surface area contributed by atoms with E-state index in [1.807, 2.05) is 42.5 Å². The molecular formula is C19H16O2. The topological polar surface area (TPSA) is 26.3 Å². The summed E-state index contributed by atoms with van der Waals surface area (Å²) in [5, 5.41) is 2.44. The quantitative estimate of drug-likeness (QED) is 0.654. The molecule has 0 bridgehead atoms. The Morgan fingerprint density at radius 2 is 1.62 bits per heavy atom. The van der Waals surface area contributed by atoms with E-state index in [-0.39, 0.29) is 0 Å². The molecule has 0 saturated carbocycles. The van der Waals surface area contributed by atoms with E-state index in [1.165, 1.54) is 16.3 Å². The number of ether oxygens (including phenoxy) is 1. The Morgan fingerprint density at radius 3 is 2.43 bits per heavy atom. The summed E-state index contributed by atoms with van der Waals surface area (Å²) >= 11 is 0. The molecule has 2 nitrogen and oxygen atoms in total. The third kappa shape index (κ3) is 3.11. The minimum absolute atomic E-state index is 0.448. The smallest absolute Gasteiger partial charge is 0.124 e. The molecule has 3 aromatic carbocycles. The highest BCUT2D eigenvalue weighted by Gasteiger charge is 2.01. The first-order valence-electron chi connectivity index (χ1n) is 6.99. The van der Waals surface area contributed by atoms with Gasteiger partial charge in [-0.05, 0) is 34.0 Å². The van der Waals surface area contributed by atoms with Crippen molar-refractivity contribution >= 4 is 17.1 Å². The molecule has 0 atom stereocenters. The molecule has 0 unspecified atom stereocenters. The molecule has 0 aliphatic rings. The fraction of sp³-hybridized carbons (Fsp3) is 0.105. The van der Waals surface area contributed by atoms with Crippen molar-refractivity contribution in [2.45, 2.75) is 13.0 Å². The minimum Gasteiger partial charge on any atom is -0.489 e. The minimum atomic E-state index is 0.448. The van der Waals surface area contributed by atoms with E-state index in [1.54, 1.807) is 0 Å². The Hall–Kier alpha value is -2.61. The van der Waals surface area contributed by atoms with Gasteiger partial charge < -0.3 is 9.53 Å². The van der Waals surface area contributed by atoms with Crippen LogP contribution in [0, 0.1) is 0 Å². The molecule has 0 heterocycles. The van der Waals surface area contributed by atoms with Gasteiger partial charge in [-0.1, -0.05) is 54.6 Å². The van der Waals surface area contributed by atoms with E-state index in [0.29, 0.717) is 13.0 Å². The molecule has 0 saturated heterocycles. The summed E-state index contributed by atoms with van der Waals surface area (Å²) in [6.45, 7) is 0.536. The summed E-state index contributed by atoms with van der Waals surface area (Å²) < 4.78 is 5.84. The van der Waals surface area contributed by atoms with Crippen LogP contribution in [0.25, 0.3) is 10.8 Å². The summed E-state index contributed by atoms with van der Waals surface area (Å²) in [7, 11) is 0. The second-order valence-electron chi connectivity index (χ2n) is 4.94. The van der Waals surface area contributed by atoms with Gasteiger partial charge in [0.05, 0.1) is 0 Å². The van der Waals surface area contributed by atoms with Crippen LogP contribution in [-0.4, -0.2) is 6.29 Å². The molecule has 0 amide bonds. The van der Waals surface area contributed by atoms with Gasteiger partial charge in [0.15, 0.2) is 0 Å². The molecule has 2 heteroatoms. The number of aldehydes is 1. The van der Waals surface area contributed by atoms with E-state index in [0.717, 1.165) is 17.6 Å². The summed E-state index contributed by atoms with van der Waals surface area (Å²) in [5.41, 5.74) is 2.17. The zero-order valence-electron chi connectivity index (χ0n) is 11.7. The van der Waals surface area contributed by atoms with Crippen LogP contribution < -0.4 is 4.74 Å². The van der Waals surface area contributed by atoms with Gasteiger partial charge in [-0.2, -0.15) is 0 Å². The number of benzene rings is 3. The van der Waals surface area contributed by atoms with Crippen molar-refractivity contribution in [3.05, 3.63) is 77.9 Å². The van der Waals surface area contributed by atoms with Crippen LogP contribution in [0.15, 0.2) is 66.7 Å². The Balaban J connectivity index is 1.75. The molecule has 0 aliphatic carbocycles. The van der Waals surface area contributed by atoms with E-state index < -0.39 is 0 Å². The van der Waals surface area contributed by atoms with Gasteiger partial charge in [-0.15, -0.1) is 0 Å². The van der Waals surface area contributed by atoms with Crippen LogP contribution in [0.2, 0.25) is 0 Å². The molecule has 0 fully saturated rings. The first-order chi connectivity index (χ1) is 10.4. The maximum atomic E-state index is 10.5. The molecule has 0 aromatic heterocycles. The first kappa shape index (κ1) is 13.4. The standard InChI is InChI=1S/C19H16O2/c20-13-12-15-8-10-18(11-9-15)21-14-17-6-3-5-16-4-1-2-7-19(16)17/h1-11,13H,12,14H2. The highest BCUT2D eigenvalue weighted by atomic mass is 16.5. The molecule has 0 radical (unpaired) electrons. The van der Waals surface area contributed by atoms with Crippen LogP contribution in [0.4, 0.5) is 0 Å². The summed E-state index contributed by atoms with van der Waals surface area (Å²) in [6.07, 6.45) is 1.36. The zero-order chi connectivity index (χ0) is 14.5. The van der Waals surface area contributed by atoms with Gasteiger partial charge in [0.25, 0.3) is 0 Å². The number of carbonyl (C=O) groups excluding carboxylic acids is 1. The van der Waals surface area contributed by atoms with E-state index in [4.69, 9.17) is 4.74 Å². The highest BCUT2D eigenvalue weighted by molar-refractivity contribution is 5.85. The number of fused-ring (bicyclic) bond motifs is 1. The molecule has 3 aromatic rings. The predicted molar refractivity (Wildman–Crippen MR) is 84.5 cm³/mol. The third-order valence-electron chi connectivity index (χ3n) is 3.52. The van der Waals surface area contributed by atoms with Crippen molar-refractivity contribution in [2.75, 3.05) is 0 Å². The van der Waals surface area contributed by atoms with E-state index in [9.17, 15) is 4.79 Å². The van der Waals surface area contributed by atoms with Crippen molar-refractivity contribution < 1.29 is 9.53 Å². The average molecular weight is 276 g/mol. The van der Waals surface area contributed by atoms with Crippen molar-refractivity contribution in [3.63, 3.8) is 0 Å². The lowest BCUT2D eigenvalue weighted by Gasteiger charge is -2.09. The number of hydrogen-bond acceptors (Lipinski definition) is 2. The maximum Gasteiger partial charge on any atom is 0.124 e. The van der Waals surface area contributed by atoms with Crippen molar-refractivity contribution in [1.82, 2.24) is 0 Å². The first-order valence-corrected chi connectivity index (χ1v) is 6.99. The lowest BCUT2D eigenvalue weighted by atomic mass is 10.1. The normalized spacial score (nSPS) is 10.5. The van der Waals surface area contributed by atoms with Gasteiger partial charge in [-0.25, -0.2) is 0 Å². The lowest BCUT2D eigenvalue weighted by molar-refractivity contribution is -0.107. The van der Waals surface area contributed by atoms with E-state index >= 15 is 0 Å². The summed E-state index contributed by atoms with van der Waals surface area (Å²) in [4.78, 5) is 10.5. The Bertz CT molecular complexity index is 740. The molecule has 104 valence electrons. The molecule has 21 heavy (non-hydrogen) atoms. The SMILES string of the molecule is O=CCc1ccc(OCc2cccc3ccccc23)cc1. The monoisotopic (exact) mass is 276 g/mol. The van der Waals surface area contributed by atoms with Crippen LogP contribution in [0.1, 0.15) is 11.1 Å². The highest BCUT2D eigenvalue weighted by Crippen LogP contribution is 2.21. The number of hydrogen-bond donors (Lipinski definition) is 0. The van der Waals surface area contributed by atoms with Gasteiger partial charge in [0.2, 0.25) is 0 Å². The van der Waals surface area contributed by atoms with Crippen molar-refractivity contribution in [1.29, 1.82) is 0 Å². The Kier molecular flexibility index (Phi) is 3.97. The second-order valence-corrected chi connectivity index (χ2v) is 4.94. The molecule has 0 aliphatic heterocycles. The summed E-state index contributed by atoms with van der Waals surface area (Å²) in [5.74, 6) is 0.817. The zero-order valence-corrected chi connectivity index (χ0v) is 11.7. The van der Waals surface area contributed by atoms with Crippen LogP contribution in [0.3, 0.4) is 0 Å². The van der Waals surface area contributed by atoms with Gasteiger partial charge in [0.1, 0.15) is 18.6 Å². The van der Waals surface area contributed by atoms with Crippen LogP contribution in [-0.2, 0) is 17.8 Å². The second kappa shape index (κ2) is 6.23. The largest absolute Gasteiger partial charge is 0.489 e.